The van der Waals surface area contributed by atoms with E-state index in [1.807, 2.05) is 0 Å². The second kappa shape index (κ2) is 36.2. The van der Waals surface area contributed by atoms with Crippen molar-refractivity contribution in [1.29, 1.82) is 0 Å². The van der Waals surface area contributed by atoms with E-state index in [-0.39, 0.29) is 12.5 Å². The van der Waals surface area contributed by atoms with Crippen molar-refractivity contribution in [1.82, 2.24) is 5.32 Å². The Morgan fingerprint density at radius 2 is 0.756 bits per heavy atom. The maximum atomic E-state index is 12.4. The number of nitrogens with one attached hydrogen (secondary N) is 1. The van der Waals surface area contributed by atoms with E-state index >= 15 is 0 Å². The fraction of sp³-hybridized carbons (Fsp3) is 0.975. The van der Waals surface area contributed by atoms with Crippen molar-refractivity contribution >= 4 is 5.91 Å². The quantitative estimate of drug-likeness (QED) is 0.0509. The van der Waals surface area contributed by atoms with Gasteiger partial charge >= 0.3 is 0 Å². The molecular weight excluding hydrogens is 558 g/mol. The molecule has 0 aromatic heterocycles. The average molecular weight is 640 g/mol. The lowest BCUT2D eigenvalue weighted by Gasteiger charge is -2.26. The standard InChI is InChI=1S/C40H81NO4/c1-3-5-7-9-11-13-15-17-18-19-20-21-23-24-26-28-30-32-34-38(43)40(45)37(36-42)41-39(44)35-33-31-29-27-25-22-16-14-12-10-8-6-4-2/h37-38,40,42-43,45H,3-36H2,1-2H3,(H,41,44)/t37?,38?,40-/m0/s1. The molecule has 0 heterocycles. The van der Waals surface area contributed by atoms with E-state index in [9.17, 15) is 20.1 Å². The first-order valence-electron chi connectivity index (χ1n) is 20.3. The van der Waals surface area contributed by atoms with Crippen molar-refractivity contribution in [3.8, 4) is 0 Å². The lowest BCUT2D eigenvalue weighted by molar-refractivity contribution is -0.124. The maximum Gasteiger partial charge on any atom is 0.220 e. The third-order valence-corrected chi connectivity index (χ3v) is 9.71. The lowest BCUT2D eigenvalue weighted by atomic mass is 9.99. The Morgan fingerprint density at radius 3 is 1.07 bits per heavy atom. The van der Waals surface area contributed by atoms with Crippen LogP contribution in [-0.4, -0.2) is 46.1 Å². The molecule has 0 saturated carbocycles. The molecule has 0 fully saturated rings. The molecule has 270 valence electrons. The van der Waals surface area contributed by atoms with Crippen LogP contribution in [0.4, 0.5) is 0 Å². The predicted octanol–water partition coefficient (Wildman–Crippen LogP) is 11.1. The molecule has 0 aromatic carbocycles. The number of amides is 1. The molecule has 3 atom stereocenters. The van der Waals surface area contributed by atoms with Crippen molar-refractivity contribution in [2.45, 2.75) is 244 Å². The van der Waals surface area contributed by atoms with Gasteiger partial charge in [-0.05, 0) is 12.8 Å². The fourth-order valence-corrected chi connectivity index (χ4v) is 6.52. The molecule has 2 unspecified atom stereocenters. The van der Waals surface area contributed by atoms with Crippen LogP contribution in [0, 0.1) is 0 Å². The molecule has 1 amide bonds. The third kappa shape index (κ3) is 31.7. The van der Waals surface area contributed by atoms with Gasteiger partial charge in [-0.1, -0.05) is 206 Å². The smallest absolute Gasteiger partial charge is 0.220 e. The van der Waals surface area contributed by atoms with Crippen LogP contribution in [0.2, 0.25) is 0 Å². The minimum absolute atomic E-state index is 0.142. The van der Waals surface area contributed by atoms with E-state index in [2.05, 4.69) is 19.2 Å². The number of rotatable bonds is 37. The number of aliphatic hydroxyl groups excluding tert-OH is 3. The molecule has 0 aliphatic heterocycles. The van der Waals surface area contributed by atoms with E-state index in [1.165, 1.54) is 167 Å². The molecule has 0 aliphatic rings. The number of hydrogen-bond donors (Lipinski definition) is 4. The van der Waals surface area contributed by atoms with Crippen molar-refractivity contribution in [3.63, 3.8) is 0 Å². The minimum Gasteiger partial charge on any atom is -0.394 e. The number of carbonyl (C=O) groups is 1. The summed E-state index contributed by atoms with van der Waals surface area (Å²) in [4.78, 5) is 12.4. The van der Waals surface area contributed by atoms with Gasteiger partial charge in [0.25, 0.3) is 0 Å². The molecule has 5 heteroatoms. The summed E-state index contributed by atoms with van der Waals surface area (Å²) in [6, 6.07) is -0.801. The van der Waals surface area contributed by atoms with Crippen LogP contribution >= 0.6 is 0 Å². The van der Waals surface area contributed by atoms with E-state index in [0.717, 1.165) is 32.1 Å². The Balaban J connectivity index is 3.61. The fourth-order valence-electron chi connectivity index (χ4n) is 6.52. The number of aliphatic hydroxyl groups is 3. The van der Waals surface area contributed by atoms with Crippen molar-refractivity contribution in [2.75, 3.05) is 6.61 Å². The second-order valence-corrected chi connectivity index (χ2v) is 14.2. The average Bonchev–Trinajstić information content (AvgIpc) is 3.04. The van der Waals surface area contributed by atoms with Crippen molar-refractivity contribution in [3.05, 3.63) is 0 Å². The summed E-state index contributed by atoms with van der Waals surface area (Å²) in [5, 5.41) is 33.5. The highest BCUT2D eigenvalue weighted by atomic mass is 16.3. The highest BCUT2D eigenvalue weighted by molar-refractivity contribution is 5.76. The van der Waals surface area contributed by atoms with Crippen LogP contribution in [0.25, 0.3) is 0 Å². The summed E-state index contributed by atoms with van der Waals surface area (Å²) in [5.74, 6) is -0.142. The summed E-state index contributed by atoms with van der Waals surface area (Å²) in [7, 11) is 0. The van der Waals surface area contributed by atoms with Crippen LogP contribution < -0.4 is 5.32 Å². The maximum absolute atomic E-state index is 12.4. The predicted molar refractivity (Wildman–Crippen MR) is 195 cm³/mol. The van der Waals surface area contributed by atoms with Crippen LogP contribution in [0.1, 0.15) is 226 Å². The molecule has 0 bridgehead atoms. The molecule has 45 heavy (non-hydrogen) atoms. The normalized spacial score (nSPS) is 13.6. The molecule has 4 N–H and O–H groups in total. The first-order valence-corrected chi connectivity index (χ1v) is 20.3. The Kier molecular flexibility index (Phi) is 35.7. The molecule has 0 saturated heterocycles. The highest BCUT2D eigenvalue weighted by Gasteiger charge is 2.26. The second-order valence-electron chi connectivity index (χ2n) is 14.2. The molecule has 5 nitrogen and oxygen atoms in total. The molecule has 0 rings (SSSR count). The van der Waals surface area contributed by atoms with Gasteiger partial charge in [-0.15, -0.1) is 0 Å². The van der Waals surface area contributed by atoms with E-state index in [0.29, 0.717) is 12.8 Å². The molecular formula is C40H81NO4. The number of unbranched alkanes of at least 4 members (excludes halogenated alkanes) is 29. The molecule has 0 aromatic rings. The van der Waals surface area contributed by atoms with E-state index in [4.69, 9.17) is 0 Å². The van der Waals surface area contributed by atoms with Crippen LogP contribution in [0.5, 0.6) is 0 Å². The topological polar surface area (TPSA) is 89.8 Å². The minimum atomic E-state index is -1.13. The zero-order chi connectivity index (χ0) is 33.1. The Labute approximate surface area is 281 Å². The van der Waals surface area contributed by atoms with Gasteiger partial charge < -0.3 is 20.6 Å². The van der Waals surface area contributed by atoms with Crippen molar-refractivity contribution in [2.24, 2.45) is 0 Å². The van der Waals surface area contributed by atoms with Gasteiger partial charge in [0.15, 0.2) is 0 Å². The van der Waals surface area contributed by atoms with Gasteiger partial charge in [-0.3, -0.25) is 4.79 Å². The first kappa shape index (κ1) is 44.4. The van der Waals surface area contributed by atoms with Gasteiger partial charge in [0.2, 0.25) is 5.91 Å². The third-order valence-electron chi connectivity index (χ3n) is 9.71. The van der Waals surface area contributed by atoms with E-state index < -0.39 is 18.2 Å². The summed E-state index contributed by atoms with van der Waals surface area (Å²) in [6.45, 7) is 4.18. The molecule has 0 aliphatic carbocycles. The summed E-state index contributed by atoms with van der Waals surface area (Å²) in [6.07, 6.45) is 39.1. The summed E-state index contributed by atoms with van der Waals surface area (Å²) < 4.78 is 0. The van der Waals surface area contributed by atoms with E-state index in [1.54, 1.807) is 0 Å². The van der Waals surface area contributed by atoms with Gasteiger partial charge in [0.05, 0.1) is 18.8 Å². The molecule has 0 radical (unpaired) electrons. The first-order chi connectivity index (χ1) is 22.1. The van der Waals surface area contributed by atoms with Gasteiger partial charge in [0, 0.05) is 6.42 Å². The van der Waals surface area contributed by atoms with Gasteiger partial charge in [-0.25, -0.2) is 0 Å². The SMILES string of the molecule is CCCCCCCCCCCCCCCCCCCCC(O)[C@@H](O)C(CO)NC(=O)CCCCCCCCCCCCCCC. The zero-order valence-electron chi connectivity index (χ0n) is 30.5. The number of hydrogen-bond acceptors (Lipinski definition) is 4. The summed E-state index contributed by atoms with van der Waals surface area (Å²) in [5.41, 5.74) is 0. The monoisotopic (exact) mass is 640 g/mol. The zero-order valence-corrected chi connectivity index (χ0v) is 30.5. The van der Waals surface area contributed by atoms with Crippen LogP contribution in [0.15, 0.2) is 0 Å². The van der Waals surface area contributed by atoms with Gasteiger partial charge in [-0.2, -0.15) is 0 Å². The summed E-state index contributed by atoms with van der Waals surface area (Å²) >= 11 is 0. The molecule has 0 spiro atoms. The Bertz CT molecular complexity index is 587. The Morgan fingerprint density at radius 1 is 0.467 bits per heavy atom. The van der Waals surface area contributed by atoms with Crippen LogP contribution in [-0.2, 0) is 4.79 Å². The Hall–Kier alpha value is -0.650. The number of carbonyl (C=O) groups excluding carboxylic acids is 1. The largest absolute Gasteiger partial charge is 0.394 e. The van der Waals surface area contributed by atoms with Crippen LogP contribution in [0.3, 0.4) is 0 Å². The van der Waals surface area contributed by atoms with Crippen molar-refractivity contribution < 1.29 is 20.1 Å². The van der Waals surface area contributed by atoms with Gasteiger partial charge in [0.1, 0.15) is 6.10 Å². The highest BCUT2D eigenvalue weighted by Crippen LogP contribution is 2.17. The lowest BCUT2D eigenvalue weighted by Crippen LogP contribution is -2.50.